The number of amides is 1. The van der Waals surface area contributed by atoms with Gasteiger partial charge in [-0.3, -0.25) is 4.79 Å². The van der Waals surface area contributed by atoms with Crippen molar-refractivity contribution in [2.24, 2.45) is 0 Å². The third-order valence-electron chi connectivity index (χ3n) is 4.10. The van der Waals surface area contributed by atoms with Crippen LogP contribution in [0, 0.1) is 0 Å². The molecule has 1 N–H and O–H groups in total. The first-order valence-corrected chi connectivity index (χ1v) is 10.0. The van der Waals surface area contributed by atoms with Crippen LogP contribution in [0.5, 0.6) is 11.5 Å². The van der Waals surface area contributed by atoms with E-state index in [9.17, 15) is 4.79 Å². The number of halogens is 1. The predicted molar refractivity (Wildman–Crippen MR) is 108 cm³/mol. The molecule has 1 aromatic heterocycles. The minimum Gasteiger partial charge on any atom is -0.454 e. The third kappa shape index (κ3) is 3.93. The topological polar surface area (TPSA) is 78.3 Å². The van der Waals surface area contributed by atoms with Gasteiger partial charge in [-0.25, -0.2) is 0 Å². The largest absolute Gasteiger partial charge is 0.454 e. The van der Waals surface area contributed by atoms with E-state index in [1.807, 2.05) is 35.8 Å². The van der Waals surface area contributed by atoms with E-state index >= 15 is 0 Å². The number of hydrogen-bond donors (Lipinski definition) is 1. The number of ether oxygens (including phenoxy) is 2. The summed E-state index contributed by atoms with van der Waals surface area (Å²) in [6.07, 6.45) is 0. The molecule has 0 radical (unpaired) electrons. The van der Waals surface area contributed by atoms with Crippen LogP contribution in [0.3, 0.4) is 0 Å². The molecule has 3 aromatic rings. The van der Waals surface area contributed by atoms with E-state index in [0.29, 0.717) is 33.9 Å². The molecule has 0 bridgehead atoms. The predicted octanol–water partition coefficient (Wildman–Crippen LogP) is 4.08. The summed E-state index contributed by atoms with van der Waals surface area (Å²) in [5.74, 6) is 2.10. The summed E-state index contributed by atoms with van der Waals surface area (Å²) < 4.78 is 12.6. The van der Waals surface area contributed by atoms with E-state index in [4.69, 9.17) is 21.1 Å². The SMILES string of the molecule is CCn1c(SCC(=O)Nc2ccc3c(c2)OCO3)nnc1-c1cccc(Cl)c1. The Morgan fingerprint density at radius 2 is 2.07 bits per heavy atom. The zero-order valence-corrected chi connectivity index (χ0v) is 16.6. The highest BCUT2D eigenvalue weighted by atomic mass is 35.5. The number of thioether (sulfide) groups is 1. The minimum absolute atomic E-state index is 0.140. The lowest BCUT2D eigenvalue weighted by molar-refractivity contribution is -0.113. The molecule has 0 atom stereocenters. The van der Waals surface area contributed by atoms with Crippen molar-refractivity contribution in [3.05, 3.63) is 47.5 Å². The van der Waals surface area contributed by atoms with Crippen LogP contribution in [0.4, 0.5) is 5.69 Å². The van der Waals surface area contributed by atoms with Gasteiger partial charge in [0.05, 0.1) is 5.75 Å². The highest BCUT2D eigenvalue weighted by Crippen LogP contribution is 2.34. The normalized spacial score (nSPS) is 12.2. The van der Waals surface area contributed by atoms with Crippen LogP contribution in [0.25, 0.3) is 11.4 Å². The molecule has 0 saturated heterocycles. The molecule has 9 heteroatoms. The van der Waals surface area contributed by atoms with E-state index in [-0.39, 0.29) is 18.5 Å². The Hall–Kier alpha value is -2.71. The standard InChI is InChI=1S/C19H17ClN4O3S/c1-2-24-18(12-4-3-5-13(20)8-12)22-23-19(24)28-10-17(25)21-14-6-7-15-16(9-14)27-11-26-15/h3-9H,2,10-11H2,1H3,(H,21,25). The van der Waals surface area contributed by atoms with Crippen molar-refractivity contribution >= 4 is 35.0 Å². The van der Waals surface area contributed by atoms with Crippen LogP contribution in [0.15, 0.2) is 47.6 Å². The fraction of sp³-hybridized carbons (Fsp3) is 0.211. The average Bonchev–Trinajstić information content (AvgIpc) is 3.32. The van der Waals surface area contributed by atoms with Crippen molar-refractivity contribution in [3.63, 3.8) is 0 Å². The summed E-state index contributed by atoms with van der Waals surface area (Å²) in [7, 11) is 0. The number of hydrogen-bond acceptors (Lipinski definition) is 6. The smallest absolute Gasteiger partial charge is 0.234 e. The second-order valence-electron chi connectivity index (χ2n) is 5.97. The number of carbonyl (C=O) groups is 1. The van der Waals surface area contributed by atoms with Crippen molar-refractivity contribution in [1.29, 1.82) is 0 Å². The number of anilines is 1. The minimum atomic E-state index is -0.140. The lowest BCUT2D eigenvalue weighted by atomic mass is 10.2. The van der Waals surface area contributed by atoms with Gasteiger partial charge in [-0.05, 0) is 31.2 Å². The lowest BCUT2D eigenvalue weighted by Gasteiger charge is -2.08. The number of nitrogens with zero attached hydrogens (tertiary/aromatic N) is 3. The molecule has 0 spiro atoms. The van der Waals surface area contributed by atoms with Gasteiger partial charge in [0, 0.05) is 28.9 Å². The number of benzene rings is 2. The van der Waals surface area contributed by atoms with Crippen molar-refractivity contribution in [2.75, 3.05) is 17.9 Å². The average molecular weight is 417 g/mol. The number of carbonyl (C=O) groups excluding carboxylic acids is 1. The van der Waals surface area contributed by atoms with Gasteiger partial charge in [0.25, 0.3) is 0 Å². The van der Waals surface area contributed by atoms with Crippen LogP contribution in [0.1, 0.15) is 6.92 Å². The molecule has 0 aliphatic carbocycles. The molecule has 2 aromatic carbocycles. The molecule has 2 heterocycles. The molecule has 7 nitrogen and oxygen atoms in total. The maximum absolute atomic E-state index is 12.3. The van der Waals surface area contributed by atoms with Gasteiger partial charge in [0.1, 0.15) is 0 Å². The van der Waals surface area contributed by atoms with Gasteiger partial charge < -0.3 is 19.4 Å². The monoisotopic (exact) mass is 416 g/mol. The van der Waals surface area contributed by atoms with Crippen molar-refractivity contribution in [1.82, 2.24) is 14.8 Å². The molecule has 144 valence electrons. The van der Waals surface area contributed by atoms with E-state index in [0.717, 1.165) is 11.4 Å². The third-order valence-corrected chi connectivity index (χ3v) is 5.31. The summed E-state index contributed by atoms with van der Waals surface area (Å²) >= 11 is 7.41. The molecule has 0 unspecified atom stereocenters. The second kappa shape index (κ2) is 8.12. The Kier molecular flexibility index (Phi) is 5.40. The summed E-state index contributed by atoms with van der Waals surface area (Å²) in [4.78, 5) is 12.3. The zero-order chi connectivity index (χ0) is 19.5. The highest BCUT2D eigenvalue weighted by molar-refractivity contribution is 7.99. The number of aromatic nitrogens is 3. The van der Waals surface area contributed by atoms with Crippen LogP contribution >= 0.6 is 23.4 Å². The molecular weight excluding hydrogens is 400 g/mol. The van der Waals surface area contributed by atoms with Gasteiger partial charge in [-0.1, -0.05) is 35.5 Å². The van der Waals surface area contributed by atoms with Gasteiger partial charge >= 0.3 is 0 Å². The van der Waals surface area contributed by atoms with Gasteiger partial charge in [0.2, 0.25) is 12.7 Å². The number of rotatable bonds is 6. The Labute approximate surface area is 171 Å². The first kappa shape index (κ1) is 18.6. The fourth-order valence-electron chi connectivity index (χ4n) is 2.82. The summed E-state index contributed by atoms with van der Waals surface area (Å²) in [5.41, 5.74) is 1.55. The molecule has 28 heavy (non-hydrogen) atoms. The van der Waals surface area contributed by atoms with Crippen LogP contribution in [0.2, 0.25) is 5.02 Å². The summed E-state index contributed by atoms with van der Waals surface area (Å²) in [6, 6.07) is 12.8. The van der Waals surface area contributed by atoms with E-state index < -0.39 is 0 Å². The quantitative estimate of drug-likeness (QED) is 0.610. The molecule has 1 aliphatic heterocycles. The first-order valence-electron chi connectivity index (χ1n) is 8.65. The van der Waals surface area contributed by atoms with E-state index in [1.165, 1.54) is 11.8 Å². The molecule has 0 saturated carbocycles. The van der Waals surface area contributed by atoms with Gasteiger partial charge in [0.15, 0.2) is 22.5 Å². The lowest BCUT2D eigenvalue weighted by Crippen LogP contribution is -2.14. The van der Waals surface area contributed by atoms with Gasteiger partial charge in [-0.15, -0.1) is 10.2 Å². The molecule has 4 rings (SSSR count). The number of fused-ring (bicyclic) bond motifs is 1. The van der Waals surface area contributed by atoms with Crippen LogP contribution < -0.4 is 14.8 Å². The Morgan fingerprint density at radius 1 is 1.21 bits per heavy atom. The molecule has 1 aliphatic rings. The zero-order valence-electron chi connectivity index (χ0n) is 15.0. The van der Waals surface area contributed by atoms with Crippen molar-refractivity contribution < 1.29 is 14.3 Å². The Balaban J connectivity index is 1.42. The fourth-order valence-corrected chi connectivity index (χ4v) is 3.82. The Morgan fingerprint density at radius 3 is 2.89 bits per heavy atom. The highest BCUT2D eigenvalue weighted by Gasteiger charge is 2.16. The van der Waals surface area contributed by atoms with E-state index in [1.54, 1.807) is 18.2 Å². The van der Waals surface area contributed by atoms with Crippen molar-refractivity contribution in [2.45, 2.75) is 18.6 Å². The van der Waals surface area contributed by atoms with Crippen LogP contribution in [-0.2, 0) is 11.3 Å². The van der Waals surface area contributed by atoms with Gasteiger partial charge in [-0.2, -0.15) is 0 Å². The van der Waals surface area contributed by atoms with Crippen molar-refractivity contribution in [3.8, 4) is 22.9 Å². The summed E-state index contributed by atoms with van der Waals surface area (Å²) in [5, 5.41) is 12.7. The Bertz CT molecular complexity index is 1020. The molecule has 1 amide bonds. The first-order chi connectivity index (χ1) is 13.6. The van der Waals surface area contributed by atoms with Crippen LogP contribution in [-0.4, -0.2) is 33.2 Å². The maximum atomic E-state index is 12.3. The molecule has 0 fully saturated rings. The summed E-state index contributed by atoms with van der Waals surface area (Å²) in [6.45, 7) is 2.89. The maximum Gasteiger partial charge on any atom is 0.234 e. The second-order valence-corrected chi connectivity index (χ2v) is 7.34. The van der Waals surface area contributed by atoms with E-state index in [2.05, 4.69) is 15.5 Å². The number of nitrogens with one attached hydrogen (secondary N) is 1. The molecular formula is C19H17ClN4O3S.